The summed E-state index contributed by atoms with van der Waals surface area (Å²) in [6.45, 7) is 4.36. The lowest BCUT2D eigenvalue weighted by atomic mass is 10.0. The van der Waals surface area contributed by atoms with Crippen LogP contribution in [0.1, 0.15) is 38.7 Å². The normalized spacial score (nSPS) is 16.0. The molecule has 1 amide bonds. The van der Waals surface area contributed by atoms with Crippen molar-refractivity contribution in [3.05, 3.63) is 29.8 Å². The third kappa shape index (κ3) is 4.69. The average molecular weight is 341 g/mol. The number of anilines is 1. The van der Waals surface area contributed by atoms with Crippen LogP contribution in [-0.4, -0.2) is 35.6 Å². The van der Waals surface area contributed by atoms with Crippen LogP contribution in [0, 0.1) is 0 Å². The van der Waals surface area contributed by atoms with E-state index in [4.69, 9.17) is 0 Å². The molecule has 128 valence electrons. The largest absolute Gasteiger partial charge is 0.480 e. The van der Waals surface area contributed by atoms with Crippen LogP contribution in [0.5, 0.6) is 0 Å². The predicted octanol–water partition coefficient (Wildman–Crippen LogP) is 2.62. The Kier molecular flexibility index (Phi) is 7.52. The molecule has 0 saturated heterocycles. The van der Waals surface area contributed by atoms with Crippen molar-refractivity contribution in [2.24, 2.45) is 0 Å². The standard InChI is InChI=1S/C17H24N2O3.ClH/c1-3-7-14(17(21)22)18-12(2)16(20)19-11-6-9-13-8-4-5-10-15(13)19;/h4-5,8,10,12,14,18H,3,6-7,9,11H2,1-2H3,(H,21,22);1H. The Morgan fingerprint density at radius 1 is 1.35 bits per heavy atom. The maximum absolute atomic E-state index is 12.7. The number of carboxylic acid groups (broad SMARTS) is 1. The van der Waals surface area contributed by atoms with Gasteiger partial charge in [-0.1, -0.05) is 31.5 Å². The summed E-state index contributed by atoms with van der Waals surface area (Å²) in [5, 5.41) is 12.2. The first-order valence-corrected chi connectivity index (χ1v) is 7.92. The van der Waals surface area contributed by atoms with Crippen molar-refractivity contribution in [1.29, 1.82) is 0 Å². The first-order valence-electron chi connectivity index (χ1n) is 7.92. The SMILES string of the molecule is CCCC(NC(C)C(=O)N1CCCc2ccccc21)C(=O)O.Cl. The molecule has 0 radical (unpaired) electrons. The smallest absolute Gasteiger partial charge is 0.320 e. The fourth-order valence-corrected chi connectivity index (χ4v) is 2.94. The summed E-state index contributed by atoms with van der Waals surface area (Å²) in [6.07, 6.45) is 3.20. The number of halogens is 1. The summed E-state index contributed by atoms with van der Waals surface area (Å²) in [6, 6.07) is 6.72. The van der Waals surface area contributed by atoms with Gasteiger partial charge in [-0.2, -0.15) is 0 Å². The molecule has 2 atom stereocenters. The van der Waals surface area contributed by atoms with Gasteiger partial charge in [0.2, 0.25) is 5.91 Å². The van der Waals surface area contributed by atoms with E-state index in [-0.39, 0.29) is 18.3 Å². The highest BCUT2D eigenvalue weighted by Crippen LogP contribution is 2.27. The Labute approximate surface area is 143 Å². The van der Waals surface area contributed by atoms with E-state index in [1.54, 1.807) is 11.8 Å². The minimum absolute atomic E-state index is 0. The van der Waals surface area contributed by atoms with Gasteiger partial charge in [-0.3, -0.25) is 14.9 Å². The molecule has 0 spiro atoms. The molecule has 1 aliphatic rings. The van der Waals surface area contributed by atoms with E-state index in [0.29, 0.717) is 13.0 Å². The van der Waals surface area contributed by atoms with E-state index in [9.17, 15) is 14.7 Å². The number of carboxylic acids is 1. The van der Waals surface area contributed by atoms with Crippen LogP contribution >= 0.6 is 12.4 Å². The molecule has 0 saturated carbocycles. The third-order valence-electron chi connectivity index (χ3n) is 4.07. The molecular weight excluding hydrogens is 316 g/mol. The highest BCUT2D eigenvalue weighted by atomic mass is 35.5. The number of hydrogen-bond donors (Lipinski definition) is 2. The number of hydrogen-bond acceptors (Lipinski definition) is 3. The van der Waals surface area contributed by atoms with Crippen molar-refractivity contribution >= 4 is 30.0 Å². The quantitative estimate of drug-likeness (QED) is 0.835. The molecule has 2 N–H and O–H groups in total. The summed E-state index contributed by atoms with van der Waals surface area (Å²) < 4.78 is 0. The van der Waals surface area contributed by atoms with Crippen molar-refractivity contribution in [1.82, 2.24) is 5.32 Å². The van der Waals surface area contributed by atoms with Crippen LogP contribution in [0.15, 0.2) is 24.3 Å². The Morgan fingerprint density at radius 3 is 2.70 bits per heavy atom. The Hall–Kier alpha value is -1.59. The zero-order valence-electron chi connectivity index (χ0n) is 13.6. The Bertz CT molecular complexity index is 550. The minimum Gasteiger partial charge on any atom is -0.480 e. The van der Waals surface area contributed by atoms with Gasteiger partial charge in [0.05, 0.1) is 6.04 Å². The number of nitrogens with zero attached hydrogens (tertiary/aromatic N) is 1. The van der Waals surface area contributed by atoms with Gasteiger partial charge in [0.15, 0.2) is 0 Å². The lowest BCUT2D eigenvalue weighted by molar-refractivity contribution is -0.140. The number of benzene rings is 1. The van der Waals surface area contributed by atoms with Crippen molar-refractivity contribution in [3.8, 4) is 0 Å². The second kappa shape index (κ2) is 8.89. The number of para-hydroxylation sites is 1. The first kappa shape index (κ1) is 19.5. The third-order valence-corrected chi connectivity index (χ3v) is 4.07. The minimum atomic E-state index is -0.902. The van der Waals surface area contributed by atoms with Gasteiger partial charge in [0, 0.05) is 12.2 Å². The fraction of sp³-hybridized carbons (Fsp3) is 0.529. The average Bonchev–Trinajstić information content (AvgIpc) is 2.53. The second-order valence-electron chi connectivity index (χ2n) is 5.79. The highest BCUT2D eigenvalue weighted by molar-refractivity contribution is 5.98. The van der Waals surface area contributed by atoms with Crippen LogP contribution < -0.4 is 10.2 Å². The van der Waals surface area contributed by atoms with E-state index in [1.165, 1.54) is 5.56 Å². The van der Waals surface area contributed by atoms with E-state index >= 15 is 0 Å². The molecule has 23 heavy (non-hydrogen) atoms. The molecule has 5 nitrogen and oxygen atoms in total. The number of fused-ring (bicyclic) bond motifs is 1. The van der Waals surface area contributed by atoms with Crippen LogP contribution in [0.3, 0.4) is 0 Å². The number of carbonyl (C=O) groups is 2. The summed E-state index contributed by atoms with van der Waals surface area (Å²) in [5.74, 6) is -0.963. The number of carbonyl (C=O) groups excluding carboxylic acids is 1. The van der Waals surface area contributed by atoms with Gasteiger partial charge in [-0.25, -0.2) is 0 Å². The van der Waals surface area contributed by atoms with Gasteiger partial charge < -0.3 is 10.0 Å². The molecule has 1 heterocycles. The first-order chi connectivity index (χ1) is 10.5. The Morgan fingerprint density at radius 2 is 2.04 bits per heavy atom. The molecule has 0 aliphatic carbocycles. The molecular formula is C17H25ClN2O3. The summed E-state index contributed by atoms with van der Waals surface area (Å²) in [4.78, 5) is 25.7. The number of amides is 1. The fourth-order valence-electron chi connectivity index (χ4n) is 2.94. The van der Waals surface area contributed by atoms with Crippen molar-refractivity contribution in [2.45, 2.75) is 51.6 Å². The molecule has 1 aromatic carbocycles. The zero-order chi connectivity index (χ0) is 16.1. The van der Waals surface area contributed by atoms with Crippen molar-refractivity contribution < 1.29 is 14.7 Å². The molecule has 2 unspecified atom stereocenters. The van der Waals surface area contributed by atoms with Crippen LogP contribution in [-0.2, 0) is 16.0 Å². The molecule has 1 aliphatic heterocycles. The maximum Gasteiger partial charge on any atom is 0.320 e. The van der Waals surface area contributed by atoms with E-state index in [2.05, 4.69) is 5.32 Å². The number of rotatable bonds is 6. The Balaban J connectivity index is 0.00000264. The monoisotopic (exact) mass is 340 g/mol. The predicted molar refractivity (Wildman–Crippen MR) is 93.3 cm³/mol. The van der Waals surface area contributed by atoms with Crippen LogP contribution in [0.4, 0.5) is 5.69 Å². The highest BCUT2D eigenvalue weighted by Gasteiger charge is 2.28. The molecule has 2 rings (SSSR count). The van der Waals surface area contributed by atoms with Gasteiger partial charge in [-0.05, 0) is 37.8 Å². The van der Waals surface area contributed by atoms with E-state index < -0.39 is 18.1 Å². The lowest BCUT2D eigenvalue weighted by Gasteiger charge is -2.32. The number of aryl methyl sites for hydroxylation is 1. The van der Waals surface area contributed by atoms with Gasteiger partial charge >= 0.3 is 5.97 Å². The van der Waals surface area contributed by atoms with Gasteiger partial charge in [-0.15, -0.1) is 12.4 Å². The zero-order valence-corrected chi connectivity index (χ0v) is 14.4. The topological polar surface area (TPSA) is 69.6 Å². The maximum atomic E-state index is 12.7. The van der Waals surface area contributed by atoms with E-state index in [0.717, 1.165) is 24.9 Å². The molecule has 1 aromatic rings. The van der Waals surface area contributed by atoms with Crippen molar-refractivity contribution in [2.75, 3.05) is 11.4 Å². The molecule has 0 bridgehead atoms. The summed E-state index contributed by atoms with van der Waals surface area (Å²) in [5.41, 5.74) is 2.13. The number of nitrogens with one attached hydrogen (secondary N) is 1. The van der Waals surface area contributed by atoms with Crippen molar-refractivity contribution in [3.63, 3.8) is 0 Å². The van der Waals surface area contributed by atoms with Gasteiger partial charge in [0.1, 0.15) is 6.04 Å². The van der Waals surface area contributed by atoms with E-state index in [1.807, 2.05) is 31.2 Å². The molecule has 6 heteroatoms. The number of aliphatic carboxylic acids is 1. The molecule has 0 aromatic heterocycles. The lowest BCUT2D eigenvalue weighted by Crippen LogP contribution is -2.51. The van der Waals surface area contributed by atoms with Gasteiger partial charge in [0.25, 0.3) is 0 Å². The second-order valence-corrected chi connectivity index (χ2v) is 5.79. The van der Waals surface area contributed by atoms with Crippen LogP contribution in [0.2, 0.25) is 0 Å². The molecule has 0 fully saturated rings. The summed E-state index contributed by atoms with van der Waals surface area (Å²) >= 11 is 0. The summed E-state index contributed by atoms with van der Waals surface area (Å²) in [7, 11) is 0. The van der Waals surface area contributed by atoms with Crippen LogP contribution in [0.25, 0.3) is 0 Å².